The zero-order chi connectivity index (χ0) is 22.9. The average Bonchev–Trinajstić information content (AvgIpc) is 2.57. The van der Waals surface area contributed by atoms with Gasteiger partial charge in [-0.2, -0.15) is 0 Å². The summed E-state index contributed by atoms with van der Waals surface area (Å²) >= 11 is 0. The van der Waals surface area contributed by atoms with Gasteiger partial charge in [0.05, 0.1) is 12.1 Å². The van der Waals surface area contributed by atoms with E-state index in [9.17, 15) is 19.2 Å². The van der Waals surface area contributed by atoms with Gasteiger partial charge in [0, 0.05) is 0 Å². The molecule has 0 saturated heterocycles. The molecule has 10 nitrogen and oxygen atoms in total. The van der Waals surface area contributed by atoms with Crippen molar-refractivity contribution in [2.75, 3.05) is 13.1 Å². The largest absolute Gasteiger partial charge is 0.444 e. The number of ether oxygens (including phenoxy) is 2. The molecule has 1 aliphatic rings. The van der Waals surface area contributed by atoms with Gasteiger partial charge in [-0.25, -0.2) is 9.59 Å². The zero-order valence-corrected chi connectivity index (χ0v) is 18.6. The third kappa shape index (κ3) is 11.3. The summed E-state index contributed by atoms with van der Waals surface area (Å²) in [6.45, 7) is 9.89. The van der Waals surface area contributed by atoms with E-state index in [1.165, 1.54) is 0 Å². The molecule has 0 heterocycles. The van der Waals surface area contributed by atoms with Gasteiger partial charge in [0.15, 0.2) is 0 Å². The molecule has 30 heavy (non-hydrogen) atoms. The molecule has 0 aromatic carbocycles. The quantitative estimate of drug-likeness (QED) is 0.474. The summed E-state index contributed by atoms with van der Waals surface area (Å²) in [4.78, 5) is 47.6. The molecule has 0 aromatic rings. The zero-order valence-electron chi connectivity index (χ0n) is 18.6. The monoisotopic (exact) mass is 426 g/mol. The predicted molar refractivity (Wildman–Crippen MR) is 111 cm³/mol. The summed E-state index contributed by atoms with van der Waals surface area (Å²) in [5.74, 6) is -0.792. The Labute approximate surface area is 177 Å². The lowest BCUT2D eigenvalue weighted by Gasteiger charge is -2.30. The van der Waals surface area contributed by atoms with Gasteiger partial charge in [0.1, 0.15) is 24.3 Å². The molecule has 2 atom stereocenters. The number of carbonyl (C=O) groups excluding carboxylic acids is 4. The fraction of sp³-hybridized carbons (Fsp3) is 0.700. The maximum absolute atomic E-state index is 12.2. The normalized spacial score (nSPS) is 18.7. The molecule has 0 saturated carbocycles. The topological polar surface area (TPSA) is 135 Å². The highest BCUT2D eigenvalue weighted by Gasteiger charge is 2.26. The lowest BCUT2D eigenvalue weighted by atomic mass is 9.95. The van der Waals surface area contributed by atoms with E-state index in [0.717, 1.165) is 0 Å². The number of carbonyl (C=O) groups is 4. The van der Waals surface area contributed by atoms with E-state index in [1.807, 2.05) is 12.2 Å². The van der Waals surface area contributed by atoms with Gasteiger partial charge in [-0.3, -0.25) is 9.59 Å². The SMILES string of the molecule is CC(C)(C)OC(=O)NCC(=O)NC1CC=CCC1NC(=O)CNC(=O)OC(C)(C)C. The first-order valence-corrected chi connectivity index (χ1v) is 9.92. The Kier molecular flexibility index (Phi) is 9.13. The number of nitrogens with one attached hydrogen (secondary N) is 4. The van der Waals surface area contributed by atoms with Gasteiger partial charge in [0.2, 0.25) is 11.8 Å². The fourth-order valence-electron chi connectivity index (χ4n) is 2.58. The van der Waals surface area contributed by atoms with Crippen molar-refractivity contribution in [2.45, 2.75) is 77.7 Å². The van der Waals surface area contributed by atoms with E-state index in [-0.39, 0.29) is 25.2 Å². The molecule has 0 bridgehead atoms. The maximum Gasteiger partial charge on any atom is 0.408 e. The van der Waals surface area contributed by atoms with Gasteiger partial charge in [-0.05, 0) is 54.4 Å². The molecule has 0 aliphatic heterocycles. The molecule has 170 valence electrons. The second-order valence-electron chi connectivity index (χ2n) is 9.00. The number of amides is 4. The number of hydrogen-bond acceptors (Lipinski definition) is 6. The predicted octanol–water partition coefficient (Wildman–Crippen LogP) is 1.36. The Morgan fingerprint density at radius 3 is 1.37 bits per heavy atom. The first-order chi connectivity index (χ1) is 13.7. The Bertz CT molecular complexity index is 607. The summed E-state index contributed by atoms with van der Waals surface area (Å²) in [6.07, 6.45) is 3.52. The van der Waals surface area contributed by atoms with Crippen molar-refractivity contribution in [3.63, 3.8) is 0 Å². The van der Waals surface area contributed by atoms with Gasteiger partial charge in [0.25, 0.3) is 0 Å². The third-order valence-corrected chi connectivity index (χ3v) is 3.71. The molecule has 0 spiro atoms. The summed E-state index contributed by atoms with van der Waals surface area (Å²) < 4.78 is 10.2. The minimum Gasteiger partial charge on any atom is -0.444 e. The van der Waals surface area contributed by atoms with Crippen LogP contribution < -0.4 is 21.3 Å². The number of alkyl carbamates (subject to hydrolysis) is 2. The summed E-state index contributed by atoms with van der Waals surface area (Å²) in [5, 5.41) is 10.4. The Hall–Kier alpha value is -2.78. The van der Waals surface area contributed by atoms with Crippen molar-refractivity contribution in [3.05, 3.63) is 12.2 Å². The second-order valence-corrected chi connectivity index (χ2v) is 9.00. The van der Waals surface area contributed by atoms with E-state index in [4.69, 9.17) is 9.47 Å². The Morgan fingerprint density at radius 1 is 0.733 bits per heavy atom. The molecule has 10 heteroatoms. The van der Waals surface area contributed by atoms with Crippen molar-refractivity contribution >= 4 is 24.0 Å². The highest BCUT2D eigenvalue weighted by Crippen LogP contribution is 2.12. The van der Waals surface area contributed by atoms with Gasteiger partial charge >= 0.3 is 12.2 Å². The van der Waals surface area contributed by atoms with E-state index in [0.29, 0.717) is 12.8 Å². The molecule has 1 aliphatic carbocycles. The van der Waals surface area contributed by atoms with Crippen LogP contribution in [0.2, 0.25) is 0 Å². The molecule has 0 radical (unpaired) electrons. The van der Waals surface area contributed by atoms with Crippen LogP contribution in [0.5, 0.6) is 0 Å². The summed E-state index contributed by atoms with van der Waals surface area (Å²) in [7, 11) is 0. The van der Waals surface area contributed by atoms with Crippen LogP contribution >= 0.6 is 0 Å². The van der Waals surface area contributed by atoms with Crippen LogP contribution in [0.25, 0.3) is 0 Å². The van der Waals surface area contributed by atoms with E-state index >= 15 is 0 Å². The Morgan fingerprint density at radius 2 is 1.07 bits per heavy atom. The third-order valence-electron chi connectivity index (χ3n) is 3.71. The first kappa shape index (κ1) is 25.3. The van der Waals surface area contributed by atoms with E-state index < -0.39 is 35.2 Å². The molecule has 1 rings (SSSR count). The first-order valence-electron chi connectivity index (χ1n) is 9.92. The van der Waals surface area contributed by atoms with Gasteiger partial charge in [-0.1, -0.05) is 12.2 Å². The van der Waals surface area contributed by atoms with Crippen molar-refractivity contribution < 1.29 is 28.7 Å². The van der Waals surface area contributed by atoms with Crippen LogP contribution in [0.3, 0.4) is 0 Å². The maximum atomic E-state index is 12.2. The number of rotatable bonds is 6. The highest BCUT2D eigenvalue weighted by atomic mass is 16.6. The lowest BCUT2D eigenvalue weighted by molar-refractivity contribution is -0.123. The molecule has 4 N–H and O–H groups in total. The van der Waals surface area contributed by atoms with Crippen molar-refractivity contribution in [1.29, 1.82) is 0 Å². The second kappa shape index (κ2) is 10.8. The van der Waals surface area contributed by atoms with Crippen LogP contribution in [-0.4, -0.2) is 60.4 Å². The van der Waals surface area contributed by atoms with Crippen LogP contribution in [0.1, 0.15) is 54.4 Å². The average molecular weight is 427 g/mol. The van der Waals surface area contributed by atoms with Crippen molar-refractivity contribution in [3.8, 4) is 0 Å². The standard InChI is InChI=1S/C20H34N4O6/c1-19(2,3)29-17(27)21-11-15(25)23-13-9-7-8-10-14(13)24-16(26)12-22-18(28)30-20(4,5)6/h7-8,13-14H,9-12H2,1-6H3,(H,21,27)(H,22,28)(H,23,25)(H,24,26). The fourth-order valence-corrected chi connectivity index (χ4v) is 2.58. The minimum absolute atomic E-state index is 0.240. The molecular formula is C20H34N4O6. The molecule has 2 unspecified atom stereocenters. The molecule has 4 amide bonds. The minimum atomic E-state index is -0.681. The Balaban J connectivity index is 2.46. The van der Waals surface area contributed by atoms with Gasteiger partial charge < -0.3 is 30.7 Å². The van der Waals surface area contributed by atoms with E-state index in [2.05, 4.69) is 21.3 Å². The van der Waals surface area contributed by atoms with Crippen LogP contribution in [0, 0.1) is 0 Å². The van der Waals surface area contributed by atoms with Crippen LogP contribution in [-0.2, 0) is 19.1 Å². The molecular weight excluding hydrogens is 392 g/mol. The number of hydrogen-bond donors (Lipinski definition) is 4. The summed E-state index contributed by atoms with van der Waals surface area (Å²) in [5.41, 5.74) is -1.31. The van der Waals surface area contributed by atoms with Crippen LogP contribution in [0.15, 0.2) is 12.2 Å². The van der Waals surface area contributed by atoms with Gasteiger partial charge in [-0.15, -0.1) is 0 Å². The smallest absolute Gasteiger partial charge is 0.408 e. The molecule has 0 aromatic heterocycles. The van der Waals surface area contributed by atoms with Crippen molar-refractivity contribution in [2.24, 2.45) is 0 Å². The van der Waals surface area contributed by atoms with Crippen LogP contribution in [0.4, 0.5) is 9.59 Å². The highest BCUT2D eigenvalue weighted by molar-refractivity contribution is 5.84. The van der Waals surface area contributed by atoms with E-state index in [1.54, 1.807) is 41.5 Å². The lowest BCUT2D eigenvalue weighted by Crippen LogP contribution is -2.55. The summed E-state index contributed by atoms with van der Waals surface area (Å²) in [6, 6.07) is -0.679. The van der Waals surface area contributed by atoms with Crippen molar-refractivity contribution in [1.82, 2.24) is 21.3 Å². The molecule has 0 fully saturated rings.